The van der Waals surface area contributed by atoms with Crippen LogP contribution >= 0.6 is 15.9 Å². The van der Waals surface area contributed by atoms with Crippen LogP contribution in [-0.4, -0.2) is 9.49 Å². The second-order valence-electron chi connectivity index (χ2n) is 4.68. The second kappa shape index (κ2) is 5.29. The number of nitrogens with zero attached hydrogens (tertiary/aromatic N) is 2. The number of fused-ring (bicyclic) bond motifs is 1. The van der Waals surface area contributed by atoms with Gasteiger partial charge in [0.2, 0.25) is 0 Å². The highest BCUT2D eigenvalue weighted by Crippen LogP contribution is 2.31. The fourth-order valence-corrected chi connectivity index (χ4v) is 2.75. The van der Waals surface area contributed by atoms with Crippen molar-refractivity contribution in [3.8, 4) is 0 Å². The van der Waals surface area contributed by atoms with Crippen molar-refractivity contribution in [1.29, 1.82) is 0 Å². The largest absolute Gasteiger partial charge is 0.343 e. The Bertz CT molecular complexity index is 828. The molecule has 21 heavy (non-hydrogen) atoms. The highest BCUT2D eigenvalue weighted by atomic mass is 79.9. The lowest BCUT2D eigenvalue weighted by Gasteiger charge is -2.06. The Balaban J connectivity index is 2.07. The summed E-state index contributed by atoms with van der Waals surface area (Å²) >= 11 is 3.30. The topological polar surface area (TPSA) is 48.1 Å². The quantitative estimate of drug-likeness (QED) is 0.516. The van der Waals surface area contributed by atoms with Crippen molar-refractivity contribution < 1.29 is 9.31 Å². The van der Waals surface area contributed by atoms with Gasteiger partial charge in [-0.1, -0.05) is 28.1 Å². The van der Waals surface area contributed by atoms with E-state index in [0.29, 0.717) is 16.4 Å². The first kappa shape index (κ1) is 13.8. The number of benzene rings is 2. The van der Waals surface area contributed by atoms with Crippen LogP contribution in [0.1, 0.15) is 5.56 Å². The molecule has 0 aliphatic heterocycles. The number of aromatic nitrogens is 1. The number of hydrogen-bond donors (Lipinski definition) is 0. The third kappa shape index (κ3) is 2.67. The molecule has 0 unspecified atom stereocenters. The Morgan fingerprint density at radius 3 is 2.57 bits per heavy atom. The molecule has 4 nitrogen and oxygen atoms in total. The average Bonchev–Trinajstić information content (AvgIpc) is 2.83. The molecule has 0 saturated heterocycles. The second-order valence-corrected chi connectivity index (χ2v) is 5.60. The first-order valence-corrected chi connectivity index (χ1v) is 7.01. The average molecular weight is 349 g/mol. The van der Waals surface area contributed by atoms with Crippen molar-refractivity contribution in [2.75, 3.05) is 0 Å². The standard InChI is InChI=1S/C15H10BrFN2O2/c16-11-7-14-13(15(8-11)19(20)21)5-6-18(14)9-10-1-3-12(17)4-2-10/h1-8H,9H2. The Kier molecular flexibility index (Phi) is 3.47. The molecule has 3 aromatic rings. The summed E-state index contributed by atoms with van der Waals surface area (Å²) in [7, 11) is 0. The first-order valence-electron chi connectivity index (χ1n) is 6.22. The number of rotatable bonds is 3. The van der Waals surface area contributed by atoms with Gasteiger partial charge in [-0.25, -0.2) is 4.39 Å². The first-order chi connectivity index (χ1) is 10.0. The predicted octanol–water partition coefficient (Wildman–Crippen LogP) is 4.50. The molecule has 0 saturated carbocycles. The van der Waals surface area contributed by atoms with E-state index < -0.39 is 4.92 Å². The third-order valence-electron chi connectivity index (χ3n) is 3.29. The van der Waals surface area contributed by atoms with Gasteiger partial charge in [0.05, 0.1) is 15.8 Å². The molecule has 0 bridgehead atoms. The fourth-order valence-electron chi connectivity index (χ4n) is 2.32. The van der Waals surface area contributed by atoms with Crippen LogP contribution in [0.15, 0.2) is 53.1 Å². The van der Waals surface area contributed by atoms with Crippen molar-refractivity contribution in [3.63, 3.8) is 0 Å². The maximum absolute atomic E-state index is 12.9. The van der Waals surface area contributed by atoms with Gasteiger partial charge in [-0.3, -0.25) is 10.1 Å². The van der Waals surface area contributed by atoms with Gasteiger partial charge < -0.3 is 4.57 Å². The summed E-state index contributed by atoms with van der Waals surface area (Å²) < 4.78 is 15.5. The minimum Gasteiger partial charge on any atom is -0.343 e. The molecule has 1 heterocycles. The highest BCUT2D eigenvalue weighted by molar-refractivity contribution is 9.10. The molecule has 0 aliphatic rings. The summed E-state index contributed by atoms with van der Waals surface area (Å²) in [6.45, 7) is 0.525. The summed E-state index contributed by atoms with van der Waals surface area (Å²) in [4.78, 5) is 10.7. The van der Waals surface area contributed by atoms with Crippen LogP contribution in [0.2, 0.25) is 0 Å². The Hall–Kier alpha value is -2.21. The molecule has 0 aliphatic carbocycles. The molecule has 1 aromatic heterocycles. The van der Waals surface area contributed by atoms with Crippen molar-refractivity contribution in [2.24, 2.45) is 0 Å². The summed E-state index contributed by atoms with van der Waals surface area (Å²) in [5.41, 5.74) is 1.76. The molecule has 106 valence electrons. The Morgan fingerprint density at radius 1 is 1.19 bits per heavy atom. The Morgan fingerprint density at radius 2 is 1.90 bits per heavy atom. The maximum atomic E-state index is 12.9. The monoisotopic (exact) mass is 348 g/mol. The van der Waals surface area contributed by atoms with Gasteiger partial charge in [0.1, 0.15) is 5.82 Å². The maximum Gasteiger partial charge on any atom is 0.279 e. The molecule has 0 atom stereocenters. The van der Waals surface area contributed by atoms with Crippen molar-refractivity contribution >= 4 is 32.5 Å². The van der Waals surface area contributed by atoms with Crippen LogP contribution < -0.4 is 0 Å². The van der Waals surface area contributed by atoms with Crippen LogP contribution in [0.3, 0.4) is 0 Å². The summed E-state index contributed by atoms with van der Waals surface area (Å²) in [6.07, 6.45) is 1.80. The van der Waals surface area contributed by atoms with Gasteiger partial charge in [-0.05, 0) is 29.8 Å². The lowest BCUT2D eigenvalue weighted by atomic mass is 10.2. The van der Waals surface area contributed by atoms with Crippen LogP contribution in [0.25, 0.3) is 10.9 Å². The van der Waals surface area contributed by atoms with Gasteiger partial charge in [0.15, 0.2) is 0 Å². The molecular weight excluding hydrogens is 339 g/mol. The van der Waals surface area contributed by atoms with Crippen molar-refractivity contribution in [1.82, 2.24) is 4.57 Å². The number of nitro groups is 1. The molecule has 6 heteroatoms. The van der Waals surface area contributed by atoms with Crippen LogP contribution in [0.4, 0.5) is 10.1 Å². The minimum atomic E-state index is -0.394. The normalized spacial score (nSPS) is 11.0. The lowest BCUT2D eigenvalue weighted by Crippen LogP contribution is -1.98. The van der Waals surface area contributed by atoms with Crippen LogP contribution in [0, 0.1) is 15.9 Å². The Labute approximate surface area is 128 Å². The predicted molar refractivity (Wildman–Crippen MR) is 81.8 cm³/mol. The number of nitro benzene ring substituents is 1. The summed E-state index contributed by atoms with van der Waals surface area (Å²) in [6, 6.07) is 11.3. The van der Waals surface area contributed by atoms with Crippen LogP contribution in [-0.2, 0) is 6.54 Å². The van der Waals surface area contributed by atoms with Gasteiger partial charge in [0, 0.05) is 23.3 Å². The molecule has 0 N–H and O–H groups in total. The van der Waals surface area contributed by atoms with E-state index in [1.165, 1.54) is 18.2 Å². The van der Waals surface area contributed by atoms with E-state index in [2.05, 4.69) is 15.9 Å². The summed E-state index contributed by atoms with van der Waals surface area (Å²) in [5.74, 6) is -0.283. The van der Waals surface area contributed by atoms with Crippen molar-refractivity contribution in [3.05, 3.63) is 74.6 Å². The fraction of sp³-hybridized carbons (Fsp3) is 0.0667. The van der Waals surface area contributed by atoms with Crippen LogP contribution in [0.5, 0.6) is 0 Å². The van der Waals surface area contributed by atoms with E-state index in [0.717, 1.165) is 11.1 Å². The molecular formula is C15H10BrFN2O2. The van der Waals surface area contributed by atoms with Gasteiger partial charge in [-0.2, -0.15) is 0 Å². The van der Waals surface area contributed by atoms with E-state index in [4.69, 9.17) is 0 Å². The zero-order chi connectivity index (χ0) is 15.0. The van der Waals surface area contributed by atoms with Crippen molar-refractivity contribution in [2.45, 2.75) is 6.54 Å². The minimum absolute atomic E-state index is 0.0669. The van der Waals surface area contributed by atoms with E-state index in [1.807, 2.05) is 10.6 Å². The van der Waals surface area contributed by atoms with E-state index in [9.17, 15) is 14.5 Å². The molecule has 0 fully saturated rings. The lowest BCUT2D eigenvalue weighted by molar-refractivity contribution is -0.383. The molecule has 0 radical (unpaired) electrons. The van der Waals surface area contributed by atoms with E-state index in [1.54, 1.807) is 24.4 Å². The molecule has 3 rings (SSSR count). The number of hydrogen-bond acceptors (Lipinski definition) is 2. The molecule has 0 amide bonds. The van der Waals surface area contributed by atoms with E-state index >= 15 is 0 Å². The van der Waals surface area contributed by atoms with Gasteiger partial charge in [0.25, 0.3) is 5.69 Å². The number of non-ortho nitro benzene ring substituents is 1. The van der Waals surface area contributed by atoms with Gasteiger partial charge in [-0.15, -0.1) is 0 Å². The zero-order valence-electron chi connectivity index (χ0n) is 10.8. The number of halogens is 2. The SMILES string of the molecule is O=[N+]([O-])c1cc(Br)cc2c1ccn2Cc1ccc(F)cc1. The highest BCUT2D eigenvalue weighted by Gasteiger charge is 2.16. The molecule has 2 aromatic carbocycles. The molecule has 0 spiro atoms. The van der Waals surface area contributed by atoms with Gasteiger partial charge >= 0.3 is 0 Å². The zero-order valence-corrected chi connectivity index (χ0v) is 12.4. The smallest absolute Gasteiger partial charge is 0.279 e. The third-order valence-corrected chi connectivity index (χ3v) is 3.75. The summed E-state index contributed by atoms with van der Waals surface area (Å²) in [5, 5.41) is 11.7. The van der Waals surface area contributed by atoms with E-state index in [-0.39, 0.29) is 11.5 Å².